The molecule has 0 spiro atoms. The number of oxazole rings is 1. The summed E-state index contributed by atoms with van der Waals surface area (Å²) in [5.41, 5.74) is 9.68. The number of aromatic nitrogens is 3. The van der Waals surface area contributed by atoms with Crippen molar-refractivity contribution in [2.75, 3.05) is 32.0 Å². The molecule has 9 heteroatoms. The van der Waals surface area contributed by atoms with E-state index >= 15 is 0 Å². The van der Waals surface area contributed by atoms with Crippen LogP contribution in [0.4, 0.5) is 6.01 Å². The topological polar surface area (TPSA) is 98.9 Å². The highest BCUT2D eigenvalue weighted by molar-refractivity contribution is 6.35. The van der Waals surface area contributed by atoms with E-state index < -0.39 is 0 Å². The number of carbonyl (C=O) groups excluding carboxylic acids is 1. The second-order valence-corrected chi connectivity index (χ2v) is 6.97. The maximum atomic E-state index is 12.9. The molecule has 1 fully saturated rings. The molecule has 28 heavy (non-hydrogen) atoms. The van der Waals surface area contributed by atoms with Crippen LogP contribution >= 0.6 is 11.6 Å². The molecule has 1 amide bonds. The molecule has 0 bridgehead atoms. The van der Waals surface area contributed by atoms with Gasteiger partial charge in [-0.1, -0.05) is 11.6 Å². The summed E-state index contributed by atoms with van der Waals surface area (Å²) in [5.74, 6) is -0.0480. The first-order valence-corrected chi connectivity index (χ1v) is 9.18. The van der Waals surface area contributed by atoms with Crippen LogP contribution in [-0.2, 0) is 4.74 Å². The first kappa shape index (κ1) is 17.0. The van der Waals surface area contributed by atoms with Crippen molar-refractivity contribution in [1.29, 1.82) is 0 Å². The van der Waals surface area contributed by atoms with Gasteiger partial charge < -0.3 is 19.8 Å². The lowest BCUT2D eigenvalue weighted by atomic mass is 10.0. The zero-order valence-corrected chi connectivity index (χ0v) is 15.5. The Balaban J connectivity index is 1.59. The van der Waals surface area contributed by atoms with Gasteiger partial charge in [0, 0.05) is 19.3 Å². The van der Waals surface area contributed by atoms with Crippen LogP contribution in [-0.4, -0.2) is 51.7 Å². The number of hydrogen-bond donors (Lipinski definition) is 1. The van der Waals surface area contributed by atoms with Crippen LogP contribution in [0.25, 0.3) is 27.7 Å². The molecule has 0 atom stereocenters. The Bertz CT molecular complexity index is 1210. The number of morpholine rings is 1. The average Bonchev–Trinajstić information content (AvgIpc) is 3.30. The van der Waals surface area contributed by atoms with E-state index in [0.717, 1.165) is 16.6 Å². The standard InChI is InChI=1S/C19H16ClN5O3/c20-14-7-12(8-15-17(14)28-19(21)23-15)11-1-2-25-16(9-11)13(10-22-25)18(26)24-3-5-27-6-4-24/h1-2,7-10H,3-6H2,(H2,21,23). The highest BCUT2D eigenvalue weighted by Crippen LogP contribution is 2.32. The van der Waals surface area contributed by atoms with E-state index in [0.29, 0.717) is 48.0 Å². The largest absolute Gasteiger partial charge is 0.422 e. The van der Waals surface area contributed by atoms with Crippen molar-refractivity contribution in [2.24, 2.45) is 0 Å². The number of benzene rings is 1. The Hall–Kier alpha value is -3.10. The number of carbonyl (C=O) groups is 1. The first-order chi connectivity index (χ1) is 13.6. The number of amides is 1. The van der Waals surface area contributed by atoms with Crippen LogP contribution in [0.5, 0.6) is 0 Å². The van der Waals surface area contributed by atoms with Gasteiger partial charge in [0.2, 0.25) is 0 Å². The van der Waals surface area contributed by atoms with E-state index in [1.807, 2.05) is 24.4 Å². The van der Waals surface area contributed by atoms with Crippen LogP contribution in [0.2, 0.25) is 5.02 Å². The molecule has 0 radical (unpaired) electrons. The Labute approximate surface area is 164 Å². The first-order valence-electron chi connectivity index (χ1n) is 8.80. The number of nitrogen functional groups attached to an aromatic ring is 1. The smallest absolute Gasteiger partial charge is 0.293 e. The van der Waals surface area contributed by atoms with E-state index in [1.165, 1.54) is 0 Å². The minimum Gasteiger partial charge on any atom is -0.422 e. The van der Waals surface area contributed by atoms with E-state index in [1.54, 1.807) is 21.7 Å². The summed E-state index contributed by atoms with van der Waals surface area (Å²) >= 11 is 6.33. The molecule has 5 rings (SSSR count). The summed E-state index contributed by atoms with van der Waals surface area (Å²) in [6.07, 6.45) is 3.42. The number of ether oxygens (including phenoxy) is 1. The summed E-state index contributed by atoms with van der Waals surface area (Å²) in [6.45, 7) is 2.26. The van der Waals surface area contributed by atoms with Crippen molar-refractivity contribution >= 4 is 40.1 Å². The average molecular weight is 398 g/mol. The predicted molar refractivity (Wildman–Crippen MR) is 104 cm³/mol. The van der Waals surface area contributed by atoms with Gasteiger partial charge in [0.25, 0.3) is 11.9 Å². The molecule has 0 aliphatic carbocycles. The summed E-state index contributed by atoms with van der Waals surface area (Å²) in [5, 5.41) is 4.73. The molecule has 3 aromatic heterocycles. The van der Waals surface area contributed by atoms with E-state index in [2.05, 4.69) is 10.1 Å². The molecular formula is C19H16ClN5O3. The second kappa shape index (κ2) is 6.50. The quantitative estimate of drug-likeness (QED) is 0.558. The van der Waals surface area contributed by atoms with Crippen LogP contribution in [0.3, 0.4) is 0 Å². The monoisotopic (exact) mass is 397 g/mol. The fraction of sp³-hybridized carbons (Fsp3) is 0.211. The van der Waals surface area contributed by atoms with Crippen LogP contribution in [0.1, 0.15) is 10.4 Å². The lowest BCUT2D eigenvalue weighted by molar-refractivity contribution is 0.0304. The van der Waals surface area contributed by atoms with Crippen molar-refractivity contribution in [3.8, 4) is 11.1 Å². The number of fused-ring (bicyclic) bond motifs is 2. The Morgan fingerprint density at radius 3 is 2.82 bits per heavy atom. The molecule has 1 aromatic carbocycles. The van der Waals surface area contributed by atoms with Gasteiger partial charge >= 0.3 is 0 Å². The maximum Gasteiger partial charge on any atom is 0.293 e. The lowest BCUT2D eigenvalue weighted by Crippen LogP contribution is -2.40. The van der Waals surface area contributed by atoms with E-state index in [4.69, 9.17) is 26.5 Å². The van der Waals surface area contributed by atoms with Gasteiger partial charge in [-0.05, 0) is 35.4 Å². The summed E-state index contributed by atoms with van der Waals surface area (Å²) in [6, 6.07) is 7.54. The third-order valence-electron chi connectivity index (χ3n) is 4.84. The fourth-order valence-corrected chi connectivity index (χ4v) is 3.69. The zero-order chi connectivity index (χ0) is 19.3. The van der Waals surface area contributed by atoms with Crippen molar-refractivity contribution in [3.05, 3.63) is 47.2 Å². The Morgan fingerprint density at radius 1 is 1.18 bits per heavy atom. The van der Waals surface area contributed by atoms with Crippen molar-refractivity contribution < 1.29 is 13.9 Å². The lowest BCUT2D eigenvalue weighted by Gasteiger charge is -2.26. The normalized spacial score (nSPS) is 14.8. The molecule has 1 saturated heterocycles. The predicted octanol–water partition coefficient (Wildman–Crippen LogP) is 2.85. The van der Waals surface area contributed by atoms with Gasteiger partial charge in [0.15, 0.2) is 5.58 Å². The number of rotatable bonds is 2. The second-order valence-electron chi connectivity index (χ2n) is 6.57. The number of nitrogens with two attached hydrogens (primary N) is 1. The van der Waals surface area contributed by atoms with Gasteiger partial charge in [-0.3, -0.25) is 4.79 Å². The molecule has 1 aliphatic rings. The van der Waals surface area contributed by atoms with Crippen molar-refractivity contribution in [3.63, 3.8) is 0 Å². The number of pyridine rings is 1. The molecule has 4 aromatic rings. The molecule has 0 saturated carbocycles. The SMILES string of the molecule is Nc1nc2cc(-c3ccn4ncc(C(=O)N5CCOCC5)c4c3)cc(Cl)c2o1. The molecular weight excluding hydrogens is 382 g/mol. The third-order valence-corrected chi connectivity index (χ3v) is 5.13. The highest BCUT2D eigenvalue weighted by Gasteiger charge is 2.22. The van der Waals surface area contributed by atoms with Crippen LogP contribution in [0, 0.1) is 0 Å². The summed E-state index contributed by atoms with van der Waals surface area (Å²) < 4.78 is 12.3. The highest BCUT2D eigenvalue weighted by atomic mass is 35.5. The van der Waals surface area contributed by atoms with Gasteiger partial charge in [0.1, 0.15) is 5.52 Å². The summed E-state index contributed by atoms with van der Waals surface area (Å²) in [7, 11) is 0. The number of anilines is 1. The van der Waals surface area contributed by atoms with Crippen molar-refractivity contribution in [2.45, 2.75) is 0 Å². The van der Waals surface area contributed by atoms with Gasteiger partial charge in [-0.2, -0.15) is 10.1 Å². The molecule has 1 aliphatic heterocycles. The van der Waals surface area contributed by atoms with Gasteiger partial charge in [-0.25, -0.2) is 4.52 Å². The molecule has 2 N–H and O–H groups in total. The van der Waals surface area contributed by atoms with Crippen molar-refractivity contribution in [1.82, 2.24) is 19.5 Å². The Kier molecular flexibility index (Phi) is 3.96. The Morgan fingerprint density at radius 2 is 2.00 bits per heavy atom. The molecule has 0 unspecified atom stereocenters. The third kappa shape index (κ3) is 2.78. The minimum atomic E-state index is -0.0480. The van der Waals surface area contributed by atoms with E-state index in [9.17, 15) is 4.79 Å². The molecule has 8 nitrogen and oxygen atoms in total. The van der Waals surface area contributed by atoms with Crippen LogP contribution in [0.15, 0.2) is 41.1 Å². The number of halogens is 1. The molecule has 4 heterocycles. The van der Waals surface area contributed by atoms with Crippen LogP contribution < -0.4 is 5.73 Å². The summed E-state index contributed by atoms with van der Waals surface area (Å²) in [4.78, 5) is 18.9. The van der Waals surface area contributed by atoms with Gasteiger partial charge in [-0.15, -0.1) is 0 Å². The minimum absolute atomic E-state index is 0.0480. The maximum absolute atomic E-state index is 12.9. The van der Waals surface area contributed by atoms with E-state index in [-0.39, 0.29) is 11.9 Å². The van der Waals surface area contributed by atoms with Gasteiger partial charge in [0.05, 0.1) is 35.5 Å². The molecule has 142 valence electrons. The number of hydrogen-bond acceptors (Lipinski definition) is 6. The fourth-order valence-electron chi connectivity index (χ4n) is 3.44. The zero-order valence-electron chi connectivity index (χ0n) is 14.8. The number of nitrogens with zero attached hydrogens (tertiary/aromatic N) is 4.